The maximum absolute atomic E-state index is 12.9. The largest absolute Gasteiger partial charge is 0.355 e. The highest BCUT2D eigenvalue weighted by Crippen LogP contribution is 2.18. The number of nitrogens with zero attached hydrogens (tertiary/aromatic N) is 1. The molecular weight excluding hydrogens is 391 g/mol. The molecule has 1 N–H and O–H groups in total. The third-order valence-corrected chi connectivity index (χ3v) is 6.00. The molecule has 2 aromatic rings. The smallest absolute Gasteiger partial charge is 0.243 e. The summed E-state index contributed by atoms with van der Waals surface area (Å²) in [4.78, 5) is 12.3. The van der Waals surface area contributed by atoms with Crippen LogP contribution in [0, 0.1) is 5.82 Å². The molecule has 27 heavy (non-hydrogen) atoms. The van der Waals surface area contributed by atoms with Crippen molar-refractivity contribution in [3.8, 4) is 0 Å². The topological polar surface area (TPSA) is 66.5 Å². The summed E-state index contributed by atoms with van der Waals surface area (Å²) in [5.41, 5.74) is 0.885. The van der Waals surface area contributed by atoms with Gasteiger partial charge in [-0.2, -0.15) is 4.31 Å². The summed E-state index contributed by atoms with van der Waals surface area (Å²) in [5.74, 6) is -0.700. The average Bonchev–Trinajstić information content (AvgIpc) is 2.63. The van der Waals surface area contributed by atoms with Gasteiger partial charge in [-0.1, -0.05) is 30.7 Å². The lowest BCUT2D eigenvalue weighted by molar-refractivity contribution is -0.121. The number of amides is 1. The van der Waals surface area contributed by atoms with Crippen molar-refractivity contribution in [2.24, 2.45) is 0 Å². The molecule has 5 nitrogen and oxygen atoms in total. The maximum atomic E-state index is 12.9. The predicted octanol–water partition coefficient (Wildman–Crippen LogP) is 3.24. The van der Waals surface area contributed by atoms with Crippen molar-refractivity contribution in [2.75, 3.05) is 19.6 Å². The van der Waals surface area contributed by atoms with Crippen LogP contribution in [0.25, 0.3) is 0 Å². The van der Waals surface area contributed by atoms with Gasteiger partial charge in [-0.15, -0.1) is 0 Å². The van der Waals surface area contributed by atoms with E-state index in [0.717, 1.165) is 9.87 Å². The summed E-state index contributed by atoms with van der Waals surface area (Å²) in [6.07, 6.45) is 1.11. The van der Waals surface area contributed by atoms with E-state index >= 15 is 0 Å². The summed E-state index contributed by atoms with van der Waals surface area (Å²) < 4.78 is 39.6. The molecule has 2 rings (SSSR count). The quantitative estimate of drug-likeness (QED) is 0.687. The first-order valence-electron chi connectivity index (χ1n) is 8.60. The Morgan fingerprint density at radius 1 is 1.11 bits per heavy atom. The second-order valence-electron chi connectivity index (χ2n) is 6.02. The molecular formula is C19H22ClFN2O3S. The van der Waals surface area contributed by atoms with Crippen LogP contribution in [0.5, 0.6) is 0 Å². The molecule has 0 atom stereocenters. The van der Waals surface area contributed by atoms with Crippen LogP contribution in [-0.4, -0.2) is 38.3 Å². The third-order valence-electron chi connectivity index (χ3n) is 3.89. The standard InChI is InChI=1S/C19H22ClFN2O3S/c1-2-13-23(27(25,26)18-9-5-16(20)6-10-18)14-19(24)22-12-11-15-3-7-17(21)8-4-15/h3-10H,2,11-14H2,1H3,(H,22,24). The van der Waals surface area contributed by atoms with Gasteiger partial charge < -0.3 is 5.32 Å². The van der Waals surface area contributed by atoms with Crippen LogP contribution < -0.4 is 5.32 Å². The van der Waals surface area contributed by atoms with E-state index in [1.807, 2.05) is 6.92 Å². The Labute approximate surface area is 164 Å². The highest BCUT2D eigenvalue weighted by molar-refractivity contribution is 7.89. The number of benzene rings is 2. The minimum absolute atomic E-state index is 0.0967. The molecule has 0 saturated heterocycles. The summed E-state index contributed by atoms with van der Waals surface area (Å²) >= 11 is 5.81. The average molecular weight is 413 g/mol. The van der Waals surface area contributed by atoms with Crippen molar-refractivity contribution < 1.29 is 17.6 Å². The second kappa shape index (κ2) is 9.82. The molecule has 0 aliphatic heterocycles. The molecule has 8 heteroatoms. The van der Waals surface area contributed by atoms with Crippen molar-refractivity contribution >= 4 is 27.5 Å². The Morgan fingerprint density at radius 3 is 2.33 bits per heavy atom. The van der Waals surface area contributed by atoms with Crippen LogP contribution in [-0.2, 0) is 21.2 Å². The molecule has 1 amide bonds. The van der Waals surface area contributed by atoms with Crippen LogP contribution in [0.15, 0.2) is 53.4 Å². The molecule has 0 aliphatic carbocycles. The van der Waals surface area contributed by atoms with Crippen molar-refractivity contribution in [1.82, 2.24) is 9.62 Å². The number of rotatable bonds is 9. The molecule has 0 fully saturated rings. The van der Waals surface area contributed by atoms with Crippen molar-refractivity contribution in [2.45, 2.75) is 24.7 Å². The molecule has 2 aromatic carbocycles. The first kappa shape index (κ1) is 21.3. The second-order valence-corrected chi connectivity index (χ2v) is 8.39. The Balaban J connectivity index is 1.96. The van der Waals surface area contributed by atoms with Gasteiger partial charge in [-0.3, -0.25) is 4.79 Å². The summed E-state index contributed by atoms with van der Waals surface area (Å²) in [6, 6.07) is 11.9. The van der Waals surface area contributed by atoms with Gasteiger partial charge in [0.05, 0.1) is 11.4 Å². The zero-order valence-corrected chi connectivity index (χ0v) is 16.6. The maximum Gasteiger partial charge on any atom is 0.243 e. The summed E-state index contributed by atoms with van der Waals surface area (Å²) in [6.45, 7) is 2.15. The Morgan fingerprint density at radius 2 is 1.74 bits per heavy atom. The number of hydrogen-bond donors (Lipinski definition) is 1. The van der Waals surface area contributed by atoms with E-state index in [0.29, 0.717) is 24.4 Å². The van der Waals surface area contributed by atoms with Crippen molar-refractivity contribution in [3.05, 3.63) is 64.9 Å². The molecule has 0 saturated carbocycles. The molecule has 0 aromatic heterocycles. The fourth-order valence-electron chi connectivity index (χ4n) is 2.50. The minimum Gasteiger partial charge on any atom is -0.355 e. The van der Waals surface area contributed by atoms with E-state index in [-0.39, 0.29) is 29.7 Å². The Bertz CT molecular complexity index is 856. The van der Waals surface area contributed by atoms with Crippen molar-refractivity contribution in [3.63, 3.8) is 0 Å². The molecule has 0 heterocycles. The molecule has 146 valence electrons. The number of carbonyl (C=O) groups is 1. The monoisotopic (exact) mass is 412 g/mol. The molecule has 0 unspecified atom stereocenters. The van der Waals surface area contributed by atoms with Gasteiger partial charge in [0.2, 0.25) is 15.9 Å². The molecule has 0 spiro atoms. The van der Waals surface area contributed by atoms with Gasteiger partial charge in [0, 0.05) is 18.1 Å². The fraction of sp³-hybridized carbons (Fsp3) is 0.316. The van der Waals surface area contributed by atoms with Crippen molar-refractivity contribution in [1.29, 1.82) is 0 Å². The Kier molecular flexibility index (Phi) is 7.77. The van der Waals surface area contributed by atoms with Gasteiger partial charge in [0.25, 0.3) is 0 Å². The lowest BCUT2D eigenvalue weighted by atomic mass is 10.1. The number of sulfonamides is 1. The van der Waals surface area contributed by atoms with E-state index in [1.165, 1.54) is 36.4 Å². The number of halogens is 2. The SMILES string of the molecule is CCCN(CC(=O)NCCc1ccc(F)cc1)S(=O)(=O)c1ccc(Cl)cc1. The van der Waals surface area contributed by atoms with Gasteiger partial charge in [0.15, 0.2) is 0 Å². The zero-order valence-electron chi connectivity index (χ0n) is 15.0. The number of carbonyl (C=O) groups excluding carboxylic acids is 1. The molecule has 0 aliphatic rings. The van der Waals surface area contributed by atoms with Crippen LogP contribution in [0.2, 0.25) is 5.02 Å². The zero-order chi connectivity index (χ0) is 19.9. The van der Waals surface area contributed by atoms with E-state index in [2.05, 4.69) is 5.32 Å². The predicted molar refractivity (Wildman–Crippen MR) is 104 cm³/mol. The van der Waals surface area contributed by atoms with Gasteiger partial charge in [-0.05, 0) is 54.8 Å². The lowest BCUT2D eigenvalue weighted by Gasteiger charge is -2.21. The first-order chi connectivity index (χ1) is 12.8. The third kappa shape index (κ3) is 6.30. The highest BCUT2D eigenvalue weighted by Gasteiger charge is 2.25. The Hall–Kier alpha value is -1.96. The van der Waals surface area contributed by atoms with Gasteiger partial charge in [0.1, 0.15) is 5.82 Å². The van der Waals surface area contributed by atoms with Crippen LogP contribution in [0.4, 0.5) is 4.39 Å². The van der Waals surface area contributed by atoms with E-state index < -0.39 is 10.0 Å². The highest BCUT2D eigenvalue weighted by atomic mass is 35.5. The summed E-state index contributed by atoms with van der Waals surface area (Å²) in [5, 5.41) is 3.15. The van der Waals surface area contributed by atoms with E-state index in [4.69, 9.17) is 11.6 Å². The number of hydrogen-bond acceptors (Lipinski definition) is 3. The first-order valence-corrected chi connectivity index (χ1v) is 10.4. The normalized spacial score (nSPS) is 11.6. The number of nitrogens with one attached hydrogen (secondary N) is 1. The van der Waals surface area contributed by atoms with Crippen LogP contribution in [0.3, 0.4) is 0 Å². The van der Waals surface area contributed by atoms with E-state index in [1.54, 1.807) is 12.1 Å². The lowest BCUT2D eigenvalue weighted by Crippen LogP contribution is -2.41. The molecule has 0 radical (unpaired) electrons. The van der Waals surface area contributed by atoms with Crippen LogP contribution in [0.1, 0.15) is 18.9 Å². The van der Waals surface area contributed by atoms with E-state index in [9.17, 15) is 17.6 Å². The minimum atomic E-state index is -3.78. The fourth-order valence-corrected chi connectivity index (χ4v) is 4.12. The van der Waals surface area contributed by atoms with Gasteiger partial charge in [-0.25, -0.2) is 12.8 Å². The van der Waals surface area contributed by atoms with Crippen LogP contribution >= 0.6 is 11.6 Å². The van der Waals surface area contributed by atoms with Gasteiger partial charge >= 0.3 is 0 Å². The summed E-state index contributed by atoms with van der Waals surface area (Å²) in [7, 11) is -3.78. The molecule has 0 bridgehead atoms.